The van der Waals surface area contributed by atoms with Gasteiger partial charge in [0.2, 0.25) is 5.91 Å². The number of likely N-dealkylation sites (tertiary alicyclic amines) is 1. The SMILES string of the molecule is CC(=O)N1CCC[C@H](c2nnc3n2CCN(Cc2ccccc2Cl)CC3)C1. The highest BCUT2D eigenvalue weighted by Crippen LogP contribution is 2.27. The Morgan fingerprint density at radius 3 is 2.85 bits per heavy atom. The molecule has 7 heteroatoms. The lowest BCUT2D eigenvalue weighted by atomic mass is 9.97. The van der Waals surface area contributed by atoms with Crippen molar-refractivity contribution in [1.82, 2.24) is 24.6 Å². The number of carbonyl (C=O) groups excluding carboxylic acids is 1. The van der Waals surface area contributed by atoms with Gasteiger partial charge in [0.25, 0.3) is 0 Å². The van der Waals surface area contributed by atoms with E-state index in [1.807, 2.05) is 23.1 Å². The molecular formula is C20H26ClN5O. The Bertz CT molecular complexity index is 820. The summed E-state index contributed by atoms with van der Waals surface area (Å²) in [5.74, 6) is 2.56. The third kappa shape index (κ3) is 4.01. The van der Waals surface area contributed by atoms with Gasteiger partial charge >= 0.3 is 0 Å². The molecule has 0 bridgehead atoms. The Hall–Kier alpha value is -1.92. The maximum atomic E-state index is 11.8. The predicted molar refractivity (Wildman–Crippen MR) is 105 cm³/mol. The lowest BCUT2D eigenvalue weighted by Gasteiger charge is -2.31. The molecule has 4 rings (SSSR count). The molecule has 1 aromatic heterocycles. The summed E-state index contributed by atoms with van der Waals surface area (Å²) in [6.45, 7) is 6.92. The van der Waals surface area contributed by atoms with Gasteiger partial charge in [0.05, 0.1) is 0 Å². The van der Waals surface area contributed by atoms with Crippen LogP contribution in [0.1, 0.15) is 42.9 Å². The van der Waals surface area contributed by atoms with Gasteiger partial charge in [-0.1, -0.05) is 29.8 Å². The standard InChI is InChI=1S/C20H26ClN5O/c1-15(27)25-9-4-6-17(14-25)20-23-22-19-8-10-24(11-12-26(19)20)13-16-5-2-3-7-18(16)21/h2-3,5,7,17H,4,6,8-14H2,1H3/t17-/m0/s1. The van der Waals surface area contributed by atoms with Crippen LogP contribution in [-0.2, 0) is 24.3 Å². The second-order valence-electron chi connectivity index (χ2n) is 7.55. The summed E-state index contributed by atoms with van der Waals surface area (Å²) in [5, 5.41) is 9.82. The Labute approximate surface area is 165 Å². The molecule has 27 heavy (non-hydrogen) atoms. The molecular weight excluding hydrogens is 362 g/mol. The van der Waals surface area contributed by atoms with Crippen LogP contribution in [0.25, 0.3) is 0 Å². The second kappa shape index (κ2) is 7.98. The van der Waals surface area contributed by atoms with E-state index in [2.05, 4.69) is 25.7 Å². The molecule has 3 heterocycles. The van der Waals surface area contributed by atoms with Crippen molar-refractivity contribution in [3.8, 4) is 0 Å². The molecule has 144 valence electrons. The monoisotopic (exact) mass is 387 g/mol. The summed E-state index contributed by atoms with van der Waals surface area (Å²) in [6.07, 6.45) is 3.00. The first-order valence-corrected chi connectivity index (χ1v) is 10.1. The number of nitrogens with zero attached hydrogens (tertiary/aromatic N) is 5. The number of benzene rings is 1. The van der Waals surface area contributed by atoms with Gasteiger partial charge in [0.1, 0.15) is 11.6 Å². The number of rotatable bonds is 3. The fraction of sp³-hybridized carbons (Fsp3) is 0.550. The Balaban J connectivity index is 1.46. The molecule has 1 atom stereocenters. The van der Waals surface area contributed by atoms with Gasteiger partial charge in [0, 0.05) is 63.6 Å². The quantitative estimate of drug-likeness (QED) is 0.812. The van der Waals surface area contributed by atoms with Crippen LogP contribution >= 0.6 is 11.6 Å². The Kier molecular flexibility index (Phi) is 5.45. The van der Waals surface area contributed by atoms with Gasteiger partial charge in [-0.15, -0.1) is 10.2 Å². The van der Waals surface area contributed by atoms with Crippen LogP contribution < -0.4 is 0 Å². The van der Waals surface area contributed by atoms with Crippen molar-refractivity contribution < 1.29 is 4.79 Å². The summed E-state index contributed by atoms with van der Waals surface area (Å²) in [4.78, 5) is 16.1. The number of carbonyl (C=O) groups is 1. The Morgan fingerprint density at radius 1 is 1.19 bits per heavy atom. The Morgan fingerprint density at radius 2 is 2.04 bits per heavy atom. The summed E-state index contributed by atoms with van der Waals surface area (Å²) in [5.41, 5.74) is 1.17. The number of amides is 1. The van der Waals surface area contributed by atoms with E-state index in [4.69, 9.17) is 11.6 Å². The minimum Gasteiger partial charge on any atom is -0.342 e. The van der Waals surface area contributed by atoms with Crippen LogP contribution in [0.15, 0.2) is 24.3 Å². The smallest absolute Gasteiger partial charge is 0.219 e. The summed E-state index contributed by atoms with van der Waals surface area (Å²) in [6, 6.07) is 8.05. The van der Waals surface area contributed by atoms with E-state index in [0.29, 0.717) is 5.92 Å². The molecule has 6 nitrogen and oxygen atoms in total. The lowest BCUT2D eigenvalue weighted by molar-refractivity contribution is -0.130. The van der Waals surface area contributed by atoms with Crippen molar-refractivity contribution in [2.45, 2.75) is 45.2 Å². The van der Waals surface area contributed by atoms with Gasteiger partial charge < -0.3 is 9.47 Å². The van der Waals surface area contributed by atoms with Crippen molar-refractivity contribution in [3.63, 3.8) is 0 Å². The van der Waals surface area contributed by atoms with Crippen molar-refractivity contribution in [2.24, 2.45) is 0 Å². The van der Waals surface area contributed by atoms with Gasteiger partial charge in [0.15, 0.2) is 0 Å². The molecule has 1 amide bonds. The molecule has 2 aliphatic rings. The molecule has 0 aliphatic carbocycles. The molecule has 0 radical (unpaired) electrons. The first kappa shape index (κ1) is 18.4. The van der Waals surface area contributed by atoms with Crippen LogP contribution in [0.3, 0.4) is 0 Å². The zero-order valence-corrected chi connectivity index (χ0v) is 16.5. The summed E-state index contributed by atoms with van der Waals surface area (Å²) < 4.78 is 2.29. The van der Waals surface area contributed by atoms with Gasteiger partial charge in [-0.05, 0) is 24.5 Å². The van der Waals surface area contributed by atoms with E-state index < -0.39 is 0 Å². The van der Waals surface area contributed by atoms with Crippen molar-refractivity contribution in [2.75, 3.05) is 26.2 Å². The van der Waals surface area contributed by atoms with Crippen LogP contribution in [-0.4, -0.2) is 56.7 Å². The summed E-state index contributed by atoms with van der Waals surface area (Å²) >= 11 is 6.33. The fourth-order valence-electron chi connectivity index (χ4n) is 4.19. The average molecular weight is 388 g/mol. The second-order valence-corrected chi connectivity index (χ2v) is 7.96. The van der Waals surface area contributed by atoms with E-state index in [0.717, 1.165) is 75.2 Å². The maximum absolute atomic E-state index is 11.8. The zero-order chi connectivity index (χ0) is 18.8. The number of halogens is 1. The number of piperidine rings is 1. The number of fused-ring (bicyclic) bond motifs is 1. The van der Waals surface area contributed by atoms with E-state index >= 15 is 0 Å². The van der Waals surface area contributed by atoms with Crippen LogP contribution in [0.2, 0.25) is 5.02 Å². The highest BCUT2D eigenvalue weighted by molar-refractivity contribution is 6.31. The van der Waals surface area contributed by atoms with E-state index in [1.165, 1.54) is 5.56 Å². The normalized spacial score (nSPS) is 21.0. The number of hydrogen-bond donors (Lipinski definition) is 0. The van der Waals surface area contributed by atoms with Crippen LogP contribution in [0.5, 0.6) is 0 Å². The first-order valence-electron chi connectivity index (χ1n) is 9.75. The van der Waals surface area contributed by atoms with Crippen LogP contribution in [0, 0.1) is 0 Å². The molecule has 1 saturated heterocycles. The minimum atomic E-state index is 0.154. The lowest BCUT2D eigenvalue weighted by Crippen LogP contribution is -2.38. The largest absolute Gasteiger partial charge is 0.342 e. The van der Waals surface area contributed by atoms with Crippen molar-refractivity contribution in [3.05, 3.63) is 46.5 Å². The van der Waals surface area contributed by atoms with Gasteiger partial charge in [-0.25, -0.2) is 0 Å². The average Bonchev–Trinajstić information content (AvgIpc) is 2.98. The number of hydrogen-bond acceptors (Lipinski definition) is 4. The molecule has 0 N–H and O–H groups in total. The molecule has 0 saturated carbocycles. The molecule has 2 aromatic rings. The topological polar surface area (TPSA) is 54.3 Å². The maximum Gasteiger partial charge on any atom is 0.219 e. The first-order chi connectivity index (χ1) is 13.1. The van der Waals surface area contributed by atoms with Crippen molar-refractivity contribution >= 4 is 17.5 Å². The van der Waals surface area contributed by atoms with E-state index in [1.54, 1.807) is 6.92 Å². The number of aromatic nitrogens is 3. The third-order valence-corrected chi connectivity index (χ3v) is 6.10. The minimum absolute atomic E-state index is 0.154. The predicted octanol–water partition coefficient (Wildman–Crippen LogP) is 2.72. The molecule has 0 unspecified atom stereocenters. The molecule has 0 spiro atoms. The van der Waals surface area contributed by atoms with Gasteiger partial charge in [-0.2, -0.15) is 0 Å². The zero-order valence-electron chi connectivity index (χ0n) is 15.8. The van der Waals surface area contributed by atoms with E-state index in [9.17, 15) is 4.79 Å². The van der Waals surface area contributed by atoms with E-state index in [-0.39, 0.29) is 5.91 Å². The highest BCUT2D eigenvalue weighted by Gasteiger charge is 2.29. The van der Waals surface area contributed by atoms with Crippen LogP contribution in [0.4, 0.5) is 0 Å². The summed E-state index contributed by atoms with van der Waals surface area (Å²) in [7, 11) is 0. The van der Waals surface area contributed by atoms with Gasteiger partial charge in [-0.3, -0.25) is 9.69 Å². The molecule has 1 fully saturated rings. The molecule has 1 aromatic carbocycles. The van der Waals surface area contributed by atoms with Crippen molar-refractivity contribution in [1.29, 1.82) is 0 Å². The fourth-order valence-corrected chi connectivity index (χ4v) is 4.39. The third-order valence-electron chi connectivity index (χ3n) is 5.73. The highest BCUT2D eigenvalue weighted by atomic mass is 35.5. The molecule has 2 aliphatic heterocycles.